The van der Waals surface area contributed by atoms with Gasteiger partial charge >= 0.3 is 0 Å². The number of amides is 1. The summed E-state index contributed by atoms with van der Waals surface area (Å²) in [6, 6.07) is 13.9. The Kier molecular flexibility index (Phi) is 5.12. The Labute approximate surface area is 125 Å². The molecule has 0 aliphatic rings. The molecule has 0 heterocycles. The van der Waals surface area contributed by atoms with Gasteiger partial charge in [-0.2, -0.15) is 0 Å². The molecular formula is C15H14BrFN2O. The molecule has 0 atom stereocenters. The predicted molar refractivity (Wildman–Crippen MR) is 80.9 cm³/mol. The minimum Gasteiger partial charge on any atom is -0.375 e. The third-order valence-electron chi connectivity index (χ3n) is 2.75. The zero-order valence-corrected chi connectivity index (χ0v) is 12.3. The van der Waals surface area contributed by atoms with Crippen LogP contribution in [-0.4, -0.2) is 12.5 Å². The smallest absolute Gasteiger partial charge is 0.239 e. The Morgan fingerprint density at radius 2 is 1.80 bits per heavy atom. The van der Waals surface area contributed by atoms with Gasteiger partial charge in [-0.1, -0.05) is 30.3 Å². The van der Waals surface area contributed by atoms with E-state index in [-0.39, 0.29) is 24.8 Å². The third kappa shape index (κ3) is 4.06. The number of halogens is 2. The minimum absolute atomic E-state index is 0.136. The molecule has 2 aromatic carbocycles. The van der Waals surface area contributed by atoms with Crippen molar-refractivity contribution in [3.8, 4) is 0 Å². The van der Waals surface area contributed by atoms with Gasteiger partial charge in [-0.05, 0) is 34.1 Å². The van der Waals surface area contributed by atoms with Crippen LogP contribution < -0.4 is 10.6 Å². The van der Waals surface area contributed by atoms with Crippen LogP contribution in [0.2, 0.25) is 0 Å². The highest BCUT2D eigenvalue weighted by atomic mass is 79.9. The summed E-state index contributed by atoms with van der Waals surface area (Å²) in [5.74, 6) is -0.504. The average Bonchev–Trinajstić information content (AvgIpc) is 2.45. The fourth-order valence-electron chi connectivity index (χ4n) is 1.68. The Hall–Kier alpha value is -1.88. The van der Waals surface area contributed by atoms with E-state index in [2.05, 4.69) is 26.6 Å². The second-order valence-electron chi connectivity index (χ2n) is 4.20. The quantitative estimate of drug-likeness (QED) is 0.879. The van der Waals surface area contributed by atoms with E-state index in [0.717, 1.165) is 10.2 Å². The first-order valence-electron chi connectivity index (χ1n) is 6.15. The van der Waals surface area contributed by atoms with Gasteiger partial charge in [-0.15, -0.1) is 0 Å². The van der Waals surface area contributed by atoms with Crippen LogP contribution in [0.3, 0.4) is 0 Å². The molecule has 0 aliphatic heterocycles. The summed E-state index contributed by atoms with van der Waals surface area (Å²) in [5.41, 5.74) is 1.32. The number of anilines is 1. The van der Waals surface area contributed by atoms with Gasteiger partial charge in [0.05, 0.1) is 6.54 Å². The molecule has 0 bridgehead atoms. The lowest BCUT2D eigenvalue weighted by molar-refractivity contribution is -0.119. The standard InChI is InChI=1S/C15H14BrFN2O/c16-12-6-2-4-8-14(12)18-10-15(20)19-9-11-5-1-3-7-13(11)17/h1-8,18H,9-10H2,(H,19,20). The molecule has 0 radical (unpaired) electrons. The van der Waals surface area contributed by atoms with Gasteiger partial charge in [0.1, 0.15) is 5.82 Å². The highest BCUT2D eigenvalue weighted by Crippen LogP contribution is 2.20. The largest absolute Gasteiger partial charge is 0.375 e. The van der Waals surface area contributed by atoms with E-state index in [1.807, 2.05) is 24.3 Å². The SMILES string of the molecule is O=C(CNc1ccccc1Br)NCc1ccccc1F. The van der Waals surface area contributed by atoms with Crippen molar-refractivity contribution < 1.29 is 9.18 Å². The van der Waals surface area contributed by atoms with Crippen LogP contribution in [0.5, 0.6) is 0 Å². The van der Waals surface area contributed by atoms with Crippen molar-refractivity contribution in [2.45, 2.75) is 6.54 Å². The maximum atomic E-state index is 13.4. The molecule has 3 nitrogen and oxygen atoms in total. The van der Waals surface area contributed by atoms with Crippen molar-refractivity contribution in [2.24, 2.45) is 0 Å². The molecule has 2 rings (SSSR count). The van der Waals surface area contributed by atoms with Gasteiger partial charge in [0.2, 0.25) is 5.91 Å². The topological polar surface area (TPSA) is 41.1 Å². The molecule has 0 saturated carbocycles. The molecule has 0 aliphatic carbocycles. The highest BCUT2D eigenvalue weighted by molar-refractivity contribution is 9.10. The van der Waals surface area contributed by atoms with Crippen LogP contribution in [0, 0.1) is 5.82 Å². The molecule has 1 amide bonds. The highest BCUT2D eigenvalue weighted by Gasteiger charge is 2.05. The molecular weight excluding hydrogens is 323 g/mol. The number of rotatable bonds is 5. The molecule has 0 aromatic heterocycles. The fourth-order valence-corrected chi connectivity index (χ4v) is 2.10. The van der Waals surface area contributed by atoms with E-state index in [1.54, 1.807) is 18.2 Å². The second kappa shape index (κ2) is 7.05. The number of carbonyl (C=O) groups excluding carboxylic acids is 1. The number of para-hydroxylation sites is 1. The summed E-state index contributed by atoms with van der Waals surface area (Å²) in [7, 11) is 0. The van der Waals surface area contributed by atoms with Crippen molar-refractivity contribution >= 4 is 27.5 Å². The number of carbonyl (C=O) groups is 1. The van der Waals surface area contributed by atoms with Crippen LogP contribution >= 0.6 is 15.9 Å². The van der Waals surface area contributed by atoms with Crippen LogP contribution in [-0.2, 0) is 11.3 Å². The third-order valence-corrected chi connectivity index (χ3v) is 3.44. The van der Waals surface area contributed by atoms with Crippen molar-refractivity contribution in [3.63, 3.8) is 0 Å². The molecule has 20 heavy (non-hydrogen) atoms. The summed E-state index contributed by atoms with van der Waals surface area (Å²) in [4.78, 5) is 11.7. The first-order valence-corrected chi connectivity index (χ1v) is 6.94. The van der Waals surface area contributed by atoms with E-state index in [0.29, 0.717) is 5.56 Å². The van der Waals surface area contributed by atoms with E-state index in [1.165, 1.54) is 6.07 Å². The van der Waals surface area contributed by atoms with E-state index in [4.69, 9.17) is 0 Å². The Morgan fingerprint density at radius 3 is 2.55 bits per heavy atom. The molecule has 0 unspecified atom stereocenters. The molecule has 2 aromatic rings. The van der Waals surface area contributed by atoms with Crippen LogP contribution in [0.25, 0.3) is 0 Å². The summed E-state index contributed by atoms with van der Waals surface area (Å²) in [6.07, 6.45) is 0. The van der Waals surface area contributed by atoms with Crippen LogP contribution in [0.4, 0.5) is 10.1 Å². The maximum Gasteiger partial charge on any atom is 0.239 e. The van der Waals surface area contributed by atoms with Gasteiger partial charge in [0.25, 0.3) is 0 Å². The summed E-state index contributed by atoms with van der Waals surface area (Å²) in [5, 5.41) is 5.68. The molecule has 5 heteroatoms. The summed E-state index contributed by atoms with van der Waals surface area (Å²) in [6.45, 7) is 0.320. The first-order chi connectivity index (χ1) is 9.66. The lowest BCUT2D eigenvalue weighted by Gasteiger charge is -2.09. The van der Waals surface area contributed by atoms with Crippen LogP contribution in [0.15, 0.2) is 53.0 Å². The number of nitrogens with one attached hydrogen (secondary N) is 2. The van der Waals surface area contributed by atoms with E-state index >= 15 is 0 Å². The van der Waals surface area contributed by atoms with E-state index < -0.39 is 0 Å². The van der Waals surface area contributed by atoms with Gasteiger partial charge in [-0.3, -0.25) is 4.79 Å². The van der Waals surface area contributed by atoms with Gasteiger partial charge < -0.3 is 10.6 Å². The first kappa shape index (κ1) is 14.5. The Balaban J connectivity index is 1.82. The average molecular weight is 337 g/mol. The summed E-state index contributed by atoms with van der Waals surface area (Å²) >= 11 is 3.39. The van der Waals surface area contributed by atoms with Gasteiger partial charge in [0.15, 0.2) is 0 Å². The molecule has 0 fully saturated rings. The fraction of sp³-hybridized carbons (Fsp3) is 0.133. The van der Waals surface area contributed by atoms with Gasteiger partial charge in [0, 0.05) is 22.3 Å². The number of benzene rings is 2. The van der Waals surface area contributed by atoms with Crippen molar-refractivity contribution in [1.29, 1.82) is 0 Å². The zero-order valence-electron chi connectivity index (χ0n) is 10.7. The summed E-state index contributed by atoms with van der Waals surface area (Å²) < 4.78 is 14.3. The lowest BCUT2D eigenvalue weighted by atomic mass is 10.2. The monoisotopic (exact) mass is 336 g/mol. The maximum absolute atomic E-state index is 13.4. The van der Waals surface area contributed by atoms with Gasteiger partial charge in [-0.25, -0.2) is 4.39 Å². The second-order valence-corrected chi connectivity index (χ2v) is 5.06. The van der Waals surface area contributed by atoms with E-state index in [9.17, 15) is 9.18 Å². The molecule has 0 spiro atoms. The lowest BCUT2D eigenvalue weighted by Crippen LogP contribution is -2.29. The number of hydrogen-bond donors (Lipinski definition) is 2. The van der Waals surface area contributed by atoms with Crippen molar-refractivity contribution in [2.75, 3.05) is 11.9 Å². The zero-order chi connectivity index (χ0) is 14.4. The minimum atomic E-state index is -0.313. The van der Waals surface area contributed by atoms with Crippen molar-refractivity contribution in [1.82, 2.24) is 5.32 Å². The number of hydrogen-bond acceptors (Lipinski definition) is 2. The van der Waals surface area contributed by atoms with Crippen molar-refractivity contribution in [3.05, 3.63) is 64.4 Å². The predicted octanol–water partition coefficient (Wildman–Crippen LogP) is 3.32. The molecule has 0 saturated heterocycles. The Morgan fingerprint density at radius 1 is 1.10 bits per heavy atom. The normalized spacial score (nSPS) is 10.1. The molecule has 2 N–H and O–H groups in total. The Bertz CT molecular complexity index is 552. The molecule has 104 valence electrons. The van der Waals surface area contributed by atoms with Crippen LogP contribution in [0.1, 0.15) is 5.56 Å².